The number of amides is 1. The van der Waals surface area contributed by atoms with E-state index in [1.165, 1.54) is 0 Å². The Morgan fingerprint density at radius 2 is 2.12 bits per heavy atom. The number of anilines is 1. The van der Waals surface area contributed by atoms with Crippen LogP contribution in [-0.4, -0.2) is 46.2 Å². The van der Waals surface area contributed by atoms with E-state index in [1.54, 1.807) is 12.3 Å². The number of carbonyl (C=O) groups is 1. The van der Waals surface area contributed by atoms with Gasteiger partial charge in [-0.3, -0.25) is 14.5 Å². The van der Waals surface area contributed by atoms with Crippen LogP contribution in [0.1, 0.15) is 16.1 Å². The van der Waals surface area contributed by atoms with E-state index in [-0.39, 0.29) is 5.91 Å². The van der Waals surface area contributed by atoms with Crippen molar-refractivity contribution in [1.29, 1.82) is 0 Å². The van der Waals surface area contributed by atoms with Crippen molar-refractivity contribution < 1.29 is 4.79 Å². The van der Waals surface area contributed by atoms with E-state index in [2.05, 4.69) is 36.2 Å². The van der Waals surface area contributed by atoms with E-state index < -0.39 is 0 Å². The van der Waals surface area contributed by atoms with Gasteiger partial charge in [-0.05, 0) is 45.3 Å². The summed E-state index contributed by atoms with van der Waals surface area (Å²) in [6, 6.07) is 7.55. The molecule has 0 bridgehead atoms. The molecule has 130 valence electrons. The van der Waals surface area contributed by atoms with Gasteiger partial charge in [-0.2, -0.15) is 5.10 Å². The highest BCUT2D eigenvalue weighted by Crippen LogP contribution is 2.23. The fraction of sp³-hybridized carbons (Fsp3) is 0.278. The van der Waals surface area contributed by atoms with Crippen LogP contribution in [0.4, 0.5) is 5.69 Å². The first-order valence-electron chi connectivity index (χ1n) is 7.98. The van der Waals surface area contributed by atoms with Crippen molar-refractivity contribution in [2.45, 2.75) is 13.5 Å². The predicted octanol–water partition coefficient (Wildman–Crippen LogP) is 3.32. The van der Waals surface area contributed by atoms with Crippen molar-refractivity contribution in [1.82, 2.24) is 19.7 Å². The molecule has 2 aromatic heterocycles. The number of aromatic nitrogens is 3. The van der Waals surface area contributed by atoms with Crippen LogP contribution in [0.2, 0.25) is 0 Å². The maximum Gasteiger partial charge on any atom is 0.256 e. The van der Waals surface area contributed by atoms with Crippen molar-refractivity contribution in [2.24, 2.45) is 0 Å². The highest BCUT2D eigenvalue weighted by molar-refractivity contribution is 9.10. The van der Waals surface area contributed by atoms with Gasteiger partial charge >= 0.3 is 0 Å². The molecule has 0 unspecified atom stereocenters. The number of aryl methyl sites for hydroxylation is 1. The summed E-state index contributed by atoms with van der Waals surface area (Å²) in [7, 11) is 4.03. The molecule has 0 fully saturated rings. The number of rotatable bonds is 5. The summed E-state index contributed by atoms with van der Waals surface area (Å²) in [4.78, 5) is 19.3. The number of hydrogen-bond acceptors (Lipinski definition) is 4. The van der Waals surface area contributed by atoms with Crippen LogP contribution in [0, 0.1) is 6.92 Å². The Morgan fingerprint density at radius 3 is 2.88 bits per heavy atom. The highest BCUT2D eigenvalue weighted by atomic mass is 79.9. The lowest BCUT2D eigenvalue weighted by Gasteiger charge is -2.09. The monoisotopic (exact) mass is 401 g/mol. The van der Waals surface area contributed by atoms with Gasteiger partial charge < -0.3 is 10.2 Å². The molecule has 3 rings (SSSR count). The molecule has 1 aromatic carbocycles. The Labute approximate surface area is 155 Å². The Morgan fingerprint density at radius 1 is 1.32 bits per heavy atom. The fourth-order valence-corrected chi connectivity index (χ4v) is 2.93. The van der Waals surface area contributed by atoms with E-state index in [1.807, 2.05) is 50.1 Å². The third-order valence-corrected chi connectivity index (χ3v) is 4.30. The normalized spacial score (nSPS) is 11.2. The number of benzene rings is 1. The Balaban J connectivity index is 1.84. The van der Waals surface area contributed by atoms with Gasteiger partial charge in [0.1, 0.15) is 0 Å². The third-order valence-electron chi connectivity index (χ3n) is 3.81. The summed E-state index contributed by atoms with van der Waals surface area (Å²) in [6.07, 6.45) is 3.51. The second-order valence-electron chi connectivity index (χ2n) is 6.22. The number of likely N-dealkylation sites (N-methyl/N-ethyl adjacent to an activating group) is 1. The van der Waals surface area contributed by atoms with Crippen LogP contribution >= 0.6 is 15.9 Å². The second kappa shape index (κ2) is 7.33. The fourth-order valence-electron chi connectivity index (χ4n) is 2.57. The Kier molecular flexibility index (Phi) is 5.15. The van der Waals surface area contributed by atoms with Gasteiger partial charge in [-0.25, -0.2) is 0 Å². The molecule has 0 saturated heterocycles. The standard InChI is InChI=1S/C18H20BrN5O/c1-12-8-16(15-9-13(19)4-5-17(15)21-12)18(25)22-14-10-20-24(11-14)7-6-23(2)3/h4-5,8-11H,6-7H2,1-3H3,(H,22,25). The summed E-state index contributed by atoms with van der Waals surface area (Å²) >= 11 is 3.46. The van der Waals surface area contributed by atoms with Gasteiger partial charge in [0.15, 0.2) is 0 Å². The quantitative estimate of drug-likeness (QED) is 0.711. The molecule has 6 nitrogen and oxygen atoms in total. The second-order valence-corrected chi connectivity index (χ2v) is 7.14. The average Bonchev–Trinajstić information content (AvgIpc) is 3.00. The molecule has 1 amide bonds. The van der Waals surface area contributed by atoms with E-state index in [9.17, 15) is 4.79 Å². The Hall–Kier alpha value is -2.25. The largest absolute Gasteiger partial charge is 0.319 e. The summed E-state index contributed by atoms with van der Waals surface area (Å²) in [5.41, 5.74) is 2.89. The number of nitrogens with one attached hydrogen (secondary N) is 1. The first-order valence-corrected chi connectivity index (χ1v) is 8.77. The van der Waals surface area contributed by atoms with E-state index >= 15 is 0 Å². The lowest BCUT2D eigenvalue weighted by atomic mass is 10.1. The maximum absolute atomic E-state index is 12.8. The van der Waals surface area contributed by atoms with Crippen LogP contribution in [0.25, 0.3) is 10.9 Å². The molecule has 7 heteroatoms. The zero-order chi connectivity index (χ0) is 18.0. The first kappa shape index (κ1) is 17.6. The third kappa shape index (κ3) is 4.24. The molecule has 3 aromatic rings. The number of carbonyl (C=O) groups excluding carboxylic acids is 1. The molecule has 1 N–H and O–H groups in total. The molecule has 0 aliphatic heterocycles. The topological polar surface area (TPSA) is 63.1 Å². The smallest absolute Gasteiger partial charge is 0.256 e. The van der Waals surface area contributed by atoms with E-state index in [0.717, 1.165) is 34.2 Å². The summed E-state index contributed by atoms with van der Waals surface area (Å²) in [5, 5.41) is 8.03. The molecular formula is C18H20BrN5O. The van der Waals surface area contributed by atoms with Gasteiger partial charge in [0.25, 0.3) is 5.91 Å². The molecule has 0 radical (unpaired) electrons. The highest BCUT2D eigenvalue weighted by Gasteiger charge is 2.13. The van der Waals surface area contributed by atoms with Crippen LogP contribution < -0.4 is 5.32 Å². The zero-order valence-corrected chi connectivity index (χ0v) is 16.0. The van der Waals surface area contributed by atoms with Gasteiger partial charge in [-0.1, -0.05) is 15.9 Å². The number of halogens is 1. The summed E-state index contributed by atoms with van der Waals surface area (Å²) in [6.45, 7) is 3.54. The molecular weight excluding hydrogens is 382 g/mol. The summed E-state index contributed by atoms with van der Waals surface area (Å²) in [5.74, 6) is -0.166. The van der Waals surface area contributed by atoms with E-state index in [4.69, 9.17) is 0 Å². The van der Waals surface area contributed by atoms with Gasteiger partial charge in [0.2, 0.25) is 0 Å². The molecule has 0 aliphatic carbocycles. The zero-order valence-electron chi connectivity index (χ0n) is 14.5. The predicted molar refractivity (Wildman–Crippen MR) is 103 cm³/mol. The van der Waals surface area contributed by atoms with Crippen molar-refractivity contribution in [3.05, 3.63) is 52.4 Å². The summed E-state index contributed by atoms with van der Waals surface area (Å²) < 4.78 is 2.73. The number of hydrogen-bond donors (Lipinski definition) is 1. The molecule has 0 spiro atoms. The molecule has 0 aliphatic rings. The maximum atomic E-state index is 12.8. The molecule has 0 atom stereocenters. The van der Waals surface area contributed by atoms with Crippen molar-refractivity contribution in [2.75, 3.05) is 26.0 Å². The van der Waals surface area contributed by atoms with Gasteiger partial charge in [0.05, 0.1) is 29.5 Å². The molecule has 2 heterocycles. The van der Waals surface area contributed by atoms with Crippen LogP contribution in [-0.2, 0) is 6.54 Å². The number of nitrogens with zero attached hydrogens (tertiary/aromatic N) is 4. The Bertz CT molecular complexity index is 919. The lowest BCUT2D eigenvalue weighted by molar-refractivity contribution is 0.102. The minimum Gasteiger partial charge on any atom is -0.319 e. The van der Waals surface area contributed by atoms with Crippen molar-refractivity contribution in [3.63, 3.8) is 0 Å². The molecule has 25 heavy (non-hydrogen) atoms. The lowest BCUT2D eigenvalue weighted by Crippen LogP contribution is -2.18. The minimum absolute atomic E-state index is 0.166. The molecule has 0 saturated carbocycles. The van der Waals surface area contributed by atoms with E-state index in [0.29, 0.717) is 11.3 Å². The first-order chi connectivity index (χ1) is 11.9. The SMILES string of the molecule is Cc1cc(C(=O)Nc2cnn(CCN(C)C)c2)c2cc(Br)ccc2n1. The number of fused-ring (bicyclic) bond motifs is 1. The van der Waals surface area contributed by atoms with Crippen molar-refractivity contribution in [3.8, 4) is 0 Å². The number of pyridine rings is 1. The van der Waals surface area contributed by atoms with Crippen LogP contribution in [0.5, 0.6) is 0 Å². The van der Waals surface area contributed by atoms with Crippen LogP contribution in [0.3, 0.4) is 0 Å². The minimum atomic E-state index is -0.166. The van der Waals surface area contributed by atoms with Crippen LogP contribution in [0.15, 0.2) is 41.1 Å². The average molecular weight is 402 g/mol. The van der Waals surface area contributed by atoms with Gasteiger partial charge in [0, 0.05) is 28.3 Å². The van der Waals surface area contributed by atoms with Crippen molar-refractivity contribution >= 4 is 38.4 Å². The van der Waals surface area contributed by atoms with Gasteiger partial charge in [-0.15, -0.1) is 0 Å².